The van der Waals surface area contributed by atoms with E-state index in [2.05, 4.69) is 34.2 Å². The molecule has 1 atom stereocenters. The number of benzene rings is 2. The molecule has 1 aromatic heterocycles. The van der Waals surface area contributed by atoms with Crippen LogP contribution in [0.3, 0.4) is 0 Å². The van der Waals surface area contributed by atoms with Gasteiger partial charge in [-0.1, -0.05) is 31.1 Å². The Hall–Kier alpha value is -3.46. The fourth-order valence-corrected chi connectivity index (χ4v) is 4.39. The molecule has 3 aromatic rings. The third-order valence-corrected chi connectivity index (χ3v) is 6.36. The summed E-state index contributed by atoms with van der Waals surface area (Å²) in [4.78, 5) is 6.71. The number of allylic oxidation sites excluding steroid dienone is 1. The van der Waals surface area contributed by atoms with Crippen molar-refractivity contribution in [2.75, 3.05) is 20.8 Å². The fourth-order valence-electron chi connectivity index (χ4n) is 4.04. The van der Waals surface area contributed by atoms with Crippen LogP contribution in [-0.2, 0) is 0 Å². The molecule has 1 aliphatic heterocycles. The van der Waals surface area contributed by atoms with E-state index in [1.165, 1.54) is 13.2 Å². The lowest BCUT2D eigenvalue weighted by molar-refractivity contribution is 0.386. The minimum absolute atomic E-state index is 0.153. The summed E-state index contributed by atoms with van der Waals surface area (Å²) in [6.07, 6.45) is 0.969. The Morgan fingerprint density at radius 1 is 1.17 bits per heavy atom. The standard InChI is InChI=1S/C26H29FN4O3S/c1-15(2)11-12-31-16(3)22(23(28-26(31)35)17-7-6-8-19(13-17)32-4)25-29-24(30-34-25)18-9-10-21(33-5)20(27)14-18/h6-10,13-15,23H,11-12H2,1-5H3,(H,28,35). The lowest BCUT2D eigenvalue weighted by Crippen LogP contribution is -2.46. The topological polar surface area (TPSA) is 72.7 Å². The molecule has 184 valence electrons. The first kappa shape index (κ1) is 24.7. The van der Waals surface area contributed by atoms with Gasteiger partial charge in [-0.2, -0.15) is 4.98 Å². The Morgan fingerprint density at radius 2 is 1.97 bits per heavy atom. The van der Waals surface area contributed by atoms with Gasteiger partial charge in [0.15, 0.2) is 16.7 Å². The van der Waals surface area contributed by atoms with Crippen molar-refractivity contribution in [3.05, 3.63) is 65.4 Å². The Balaban J connectivity index is 1.79. The molecule has 2 heterocycles. The summed E-state index contributed by atoms with van der Waals surface area (Å²) in [5.41, 5.74) is 3.17. The number of nitrogens with zero attached hydrogens (tertiary/aromatic N) is 3. The second-order valence-electron chi connectivity index (χ2n) is 8.76. The largest absolute Gasteiger partial charge is 0.497 e. The van der Waals surface area contributed by atoms with E-state index in [0.717, 1.165) is 35.5 Å². The van der Waals surface area contributed by atoms with Gasteiger partial charge in [-0.25, -0.2) is 4.39 Å². The second kappa shape index (κ2) is 10.4. The van der Waals surface area contributed by atoms with Crippen molar-refractivity contribution in [3.63, 3.8) is 0 Å². The Morgan fingerprint density at radius 3 is 2.66 bits per heavy atom. The van der Waals surface area contributed by atoms with Crippen LogP contribution < -0.4 is 14.8 Å². The van der Waals surface area contributed by atoms with Gasteiger partial charge in [-0.05, 0) is 67.4 Å². The van der Waals surface area contributed by atoms with Crippen LogP contribution in [-0.4, -0.2) is 40.9 Å². The van der Waals surface area contributed by atoms with E-state index in [4.69, 9.17) is 26.2 Å². The maximum atomic E-state index is 14.3. The molecule has 0 aliphatic carbocycles. The molecule has 1 unspecified atom stereocenters. The third kappa shape index (κ3) is 5.14. The summed E-state index contributed by atoms with van der Waals surface area (Å²) in [5.74, 6) is 1.53. The molecule has 0 radical (unpaired) electrons. The molecule has 7 nitrogen and oxygen atoms in total. The highest BCUT2D eigenvalue weighted by Crippen LogP contribution is 2.38. The lowest BCUT2D eigenvalue weighted by atomic mass is 9.94. The van der Waals surface area contributed by atoms with Gasteiger partial charge in [0, 0.05) is 17.8 Å². The minimum Gasteiger partial charge on any atom is -0.497 e. The van der Waals surface area contributed by atoms with Crippen LogP contribution in [0.2, 0.25) is 0 Å². The number of hydrogen-bond donors (Lipinski definition) is 1. The molecule has 0 bridgehead atoms. The molecule has 1 aliphatic rings. The summed E-state index contributed by atoms with van der Waals surface area (Å²) in [6.45, 7) is 7.12. The van der Waals surface area contributed by atoms with Crippen molar-refractivity contribution < 1.29 is 18.4 Å². The van der Waals surface area contributed by atoms with Crippen LogP contribution in [0.25, 0.3) is 17.0 Å². The number of aromatic nitrogens is 2. The number of thiocarbonyl (C=S) groups is 1. The smallest absolute Gasteiger partial charge is 0.258 e. The molecule has 0 amide bonds. The molecule has 9 heteroatoms. The first-order valence-corrected chi connectivity index (χ1v) is 11.8. The SMILES string of the molecule is COc1cccc(C2NC(=S)N(CCC(C)C)C(C)=C2c2nc(-c3ccc(OC)c(F)c3)no2)c1. The van der Waals surface area contributed by atoms with Gasteiger partial charge in [-0.3, -0.25) is 0 Å². The molecular weight excluding hydrogens is 467 g/mol. The number of hydrogen-bond acceptors (Lipinski definition) is 6. The number of nitrogens with one attached hydrogen (secondary N) is 1. The van der Waals surface area contributed by atoms with Gasteiger partial charge in [0.1, 0.15) is 5.75 Å². The highest BCUT2D eigenvalue weighted by Gasteiger charge is 2.34. The highest BCUT2D eigenvalue weighted by atomic mass is 32.1. The van der Waals surface area contributed by atoms with Gasteiger partial charge in [-0.15, -0.1) is 0 Å². The molecule has 0 saturated carbocycles. The first-order valence-electron chi connectivity index (χ1n) is 11.4. The molecule has 1 N–H and O–H groups in total. The minimum atomic E-state index is -0.495. The Bertz CT molecular complexity index is 1260. The predicted molar refractivity (Wildman–Crippen MR) is 136 cm³/mol. The van der Waals surface area contributed by atoms with Crippen molar-refractivity contribution >= 4 is 22.9 Å². The monoisotopic (exact) mass is 496 g/mol. The predicted octanol–water partition coefficient (Wildman–Crippen LogP) is 5.60. The molecule has 4 rings (SSSR count). The fraction of sp³-hybridized carbons (Fsp3) is 0.346. The maximum Gasteiger partial charge on any atom is 0.258 e. The average Bonchev–Trinajstić information content (AvgIpc) is 3.33. The first-order chi connectivity index (χ1) is 16.8. The number of methoxy groups -OCH3 is 2. The van der Waals surface area contributed by atoms with Crippen LogP contribution in [0.15, 0.2) is 52.7 Å². The molecule has 2 aromatic carbocycles. The second-order valence-corrected chi connectivity index (χ2v) is 9.15. The summed E-state index contributed by atoms with van der Waals surface area (Å²) in [7, 11) is 3.05. The normalized spacial score (nSPS) is 16.0. The van der Waals surface area contributed by atoms with E-state index in [0.29, 0.717) is 22.5 Å². The van der Waals surface area contributed by atoms with Crippen LogP contribution in [0.5, 0.6) is 11.5 Å². The van der Waals surface area contributed by atoms with Gasteiger partial charge in [0.25, 0.3) is 5.89 Å². The number of halogens is 1. The van der Waals surface area contributed by atoms with Gasteiger partial charge >= 0.3 is 0 Å². The van der Waals surface area contributed by atoms with E-state index < -0.39 is 5.82 Å². The molecule has 0 saturated heterocycles. The molecular formula is C26H29FN4O3S. The quantitative estimate of drug-likeness (QED) is 0.404. The van der Waals surface area contributed by atoms with E-state index in [9.17, 15) is 4.39 Å². The van der Waals surface area contributed by atoms with Gasteiger partial charge < -0.3 is 24.2 Å². The summed E-state index contributed by atoms with van der Waals surface area (Å²) in [5, 5.41) is 8.23. The Labute approximate surface area is 209 Å². The summed E-state index contributed by atoms with van der Waals surface area (Å²) >= 11 is 5.75. The molecule has 0 fully saturated rings. The van der Waals surface area contributed by atoms with Crippen LogP contribution >= 0.6 is 12.2 Å². The van der Waals surface area contributed by atoms with Crippen LogP contribution in [0, 0.1) is 11.7 Å². The third-order valence-electron chi connectivity index (χ3n) is 6.02. The van der Waals surface area contributed by atoms with Crippen LogP contribution in [0.1, 0.15) is 44.7 Å². The maximum absolute atomic E-state index is 14.3. The zero-order chi connectivity index (χ0) is 25.1. The molecule has 35 heavy (non-hydrogen) atoms. The van der Waals surface area contributed by atoms with E-state index in [1.54, 1.807) is 19.2 Å². The van der Waals surface area contributed by atoms with Crippen molar-refractivity contribution in [1.82, 2.24) is 20.4 Å². The van der Waals surface area contributed by atoms with Gasteiger partial charge in [0.05, 0.1) is 25.8 Å². The summed E-state index contributed by atoms with van der Waals surface area (Å²) < 4.78 is 30.5. The van der Waals surface area contributed by atoms with E-state index in [-0.39, 0.29) is 17.6 Å². The zero-order valence-electron chi connectivity index (χ0n) is 20.5. The van der Waals surface area contributed by atoms with E-state index >= 15 is 0 Å². The highest BCUT2D eigenvalue weighted by molar-refractivity contribution is 7.80. The number of rotatable bonds is 8. The van der Waals surface area contributed by atoms with Crippen molar-refractivity contribution in [2.45, 2.75) is 33.2 Å². The number of ether oxygens (including phenoxy) is 2. The zero-order valence-corrected chi connectivity index (χ0v) is 21.3. The van der Waals surface area contributed by atoms with Gasteiger partial charge in [0.2, 0.25) is 5.82 Å². The van der Waals surface area contributed by atoms with Crippen LogP contribution in [0.4, 0.5) is 4.39 Å². The lowest BCUT2D eigenvalue weighted by Gasteiger charge is -2.37. The van der Waals surface area contributed by atoms with Crippen molar-refractivity contribution in [1.29, 1.82) is 0 Å². The Kier molecular flexibility index (Phi) is 7.35. The molecule has 0 spiro atoms. The van der Waals surface area contributed by atoms with Crippen molar-refractivity contribution in [3.8, 4) is 22.9 Å². The average molecular weight is 497 g/mol. The van der Waals surface area contributed by atoms with Crippen molar-refractivity contribution in [2.24, 2.45) is 5.92 Å². The van der Waals surface area contributed by atoms with E-state index in [1.807, 2.05) is 31.2 Å². The summed E-state index contributed by atoms with van der Waals surface area (Å²) in [6, 6.07) is 12.0.